The number of hydrogen-bond donors (Lipinski definition) is 2. The minimum atomic E-state index is -0.235. The first kappa shape index (κ1) is 20.2. The van der Waals surface area contributed by atoms with Crippen LogP contribution in [0.5, 0.6) is 0 Å². The molecule has 6 heteroatoms. The lowest BCUT2D eigenvalue weighted by atomic mass is 10.1. The van der Waals surface area contributed by atoms with Gasteiger partial charge in [0.25, 0.3) is 5.91 Å². The molecule has 0 bridgehead atoms. The average molecular weight is 367 g/mol. The first-order valence-corrected chi connectivity index (χ1v) is 8.93. The molecule has 0 spiro atoms. The fraction of sp³-hybridized carbons (Fsp3) is 0.286. The van der Waals surface area contributed by atoms with E-state index in [4.69, 9.17) is 0 Å². The molecule has 0 saturated heterocycles. The van der Waals surface area contributed by atoms with Gasteiger partial charge in [-0.05, 0) is 49.2 Å². The Balaban J connectivity index is 2.06. The second-order valence-corrected chi connectivity index (χ2v) is 6.35. The monoisotopic (exact) mass is 367 g/mol. The molecule has 0 aliphatic carbocycles. The number of aryl methyl sites for hydroxylation is 1. The molecule has 2 N–H and O–H groups in total. The molecule has 0 radical (unpaired) electrons. The Labute approximate surface area is 159 Å². The Morgan fingerprint density at radius 2 is 1.63 bits per heavy atom. The van der Waals surface area contributed by atoms with E-state index < -0.39 is 0 Å². The van der Waals surface area contributed by atoms with Crippen molar-refractivity contribution >= 4 is 29.1 Å². The highest BCUT2D eigenvalue weighted by atomic mass is 16.2. The van der Waals surface area contributed by atoms with Crippen LogP contribution in [0.4, 0.5) is 11.4 Å². The van der Waals surface area contributed by atoms with Crippen LogP contribution >= 0.6 is 0 Å². The lowest BCUT2D eigenvalue weighted by Gasteiger charge is -2.22. The average Bonchev–Trinajstić information content (AvgIpc) is 2.63. The summed E-state index contributed by atoms with van der Waals surface area (Å²) in [6.45, 7) is 5.76. The zero-order valence-corrected chi connectivity index (χ0v) is 15.9. The number of anilines is 2. The Morgan fingerprint density at radius 1 is 0.963 bits per heavy atom. The normalized spacial score (nSPS) is 10.2. The van der Waals surface area contributed by atoms with Gasteiger partial charge in [-0.25, -0.2) is 0 Å². The van der Waals surface area contributed by atoms with E-state index in [1.807, 2.05) is 38.1 Å². The van der Waals surface area contributed by atoms with E-state index in [1.165, 1.54) is 11.8 Å². The van der Waals surface area contributed by atoms with Crippen molar-refractivity contribution in [3.63, 3.8) is 0 Å². The molecule has 2 rings (SSSR count). The summed E-state index contributed by atoms with van der Waals surface area (Å²) in [5, 5.41) is 5.52. The third-order valence-electron chi connectivity index (χ3n) is 3.99. The molecule has 0 aliphatic heterocycles. The quantitative estimate of drug-likeness (QED) is 0.787. The van der Waals surface area contributed by atoms with Crippen LogP contribution in [0.15, 0.2) is 48.5 Å². The van der Waals surface area contributed by atoms with Gasteiger partial charge in [-0.1, -0.05) is 25.1 Å². The van der Waals surface area contributed by atoms with E-state index >= 15 is 0 Å². The maximum absolute atomic E-state index is 12.8. The molecule has 0 saturated carbocycles. The number of benzene rings is 2. The zero-order valence-electron chi connectivity index (χ0n) is 15.9. The maximum atomic E-state index is 12.8. The maximum Gasteiger partial charge on any atom is 0.254 e. The summed E-state index contributed by atoms with van der Waals surface area (Å²) >= 11 is 0. The van der Waals surface area contributed by atoms with Gasteiger partial charge in [0.05, 0.1) is 0 Å². The molecule has 2 aromatic carbocycles. The van der Waals surface area contributed by atoms with Crippen LogP contribution < -0.4 is 10.6 Å². The van der Waals surface area contributed by atoms with Crippen LogP contribution in [0, 0.1) is 6.92 Å². The first-order valence-electron chi connectivity index (χ1n) is 8.93. The number of rotatable bonds is 7. The minimum absolute atomic E-state index is 0.0194. The molecule has 142 valence electrons. The fourth-order valence-corrected chi connectivity index (χ4v) is 2.68. The van der Waals surface area contributed by atoms with Crippen LogP contribution in [0.25, 0.3) is 0 Å². The summed E-state index contributed by atoms with van der Waals surface area (Å²) in [7, 11) is 0. The van der Waals surface area contributed by atoms with Crippen molar-refractivity contribution in [1.82, 2.24) is 4.90 Å². The van der Waals surface area contributed by atoms with E-state index in [0.717, 1.165) is 17.7 Å². The van der Waals surface area contributed by atoms with Crippen molar-refractivity contribution in [2.45, 2.75) is 27.2 Å². The second kappa shape index (κ2) is 9.52. The third kappa shape index (κ3) is 5.95. The van der Waals surface area contributed by atoms with Crippen LogP contribution in [-0.2, 0) is 9.59 Å². The smallest absolute Gasteiger partial charge is 0.254 e. The molecule has 0 aromatic heterocycles. The number of carbonyl (C=O) groups excluding carboxylic acids is 3. The molecule has 0 fully saturated rings. The standard InChI is InChI=1S/C21H25N3O3/c1-4-13-24(14-20(26)23-19-8-6-5-7-15(19)2)21(27)17-9-11-18(12-10-17)22-16(3)25/h5-12H,4,13-14H2,1-3H3,(H,22,25)(H,23,26). The molecule has 0 aliphatic rings. The second-order valence-electron chi connectivity index (χ2n) is 6.35. The largest absolute Gasteiger partial charge is 0.329 e. The summed E-state index contributed by atoms with van der Waals surface area (Å²) in [6, 6.07) is 14.2. The van der Waals surface area contributed by atoms with E-state index in [-0.39, 0.29) is 24.3 Å². The zero-order chi connectivity index (χ0) is 19.8. The van der Waals surface area contributed by atoms with Gasteiger partial charge in [-0.15, -0.1) is 0 Å². The van der Waals surface area contributed by atoms with Gasteiger partial charge >= 0.3 is 0 Å². The molecule has 0 heterocycles. The van der Waals surface area contributed by atoms with Gasteiger partial charge in [-0.2, -0.15) is 0 Å². The van der Waals surface area contributed by atoms with Crippen LogP contribution in [0.1, 0.15) is 36.2 Å². The van der Waals surface area contributed by atoms with Crippen molar-refractivity contribution in [2.24, 2.45) is 0 Å². The van der Waals surface area contributed by atoms with E-state index in [1.54, 1.807) is 24.3 Å². The number of nitrogens with one attached hydrogen (secondary N) is 2. The van der Waals surface area contributed by atoms with E-state index in [9.17, 15) is 14.4 Å². The highest BCUT2D eigenvalue weighted by Gasteiger charge is 2.18. The first-order chi connectivity index (χ1) is 12.9. The van der Waals surface area contributed by atoms with Crippen molar-refractivity contribution in [3.8, 4) is 0 Å². The lowest BCUT2D eigenvalue weighted by molar-refractivity contribution is -0.117. The fourth-order valence-electron chi connectivity index (χ4n) is 2.68. The Bertz CT molecular complexity index is 816. The van der Waals surface area contributed by atoms with Gasteiger partial charge in [0.2, 0.25) is 11.8 Å². The van der Waals surface area contributed by atoms with Crippen LogP contribution in [-0.4, -0.2) is 35.7 Å². The van der Waals surface area contributed by atoms with Gasteiger partial charge in [0, 0.05) is 30.4 Å². The summed E-state index contributed by atoms with van der Waals surface area (Å²) in [5.41, 5.74) is 2.80. The number of para-hydroxylation sites is 1. The van der Waals surface area contributed by atoms with Crippen LogP contribution in [0.3, 0.4) is 0 Å². The predicted octanol–water partition coefficient (Wildman–Crippen LogP) is 3.44. The highest BCUT2D eigenvalue weighted by Crippen LogP contribution is 2.14. The summed E-state index contributed by atoms with van der Waals surface area (Å²) in [4.78, 5) is 37.8. The molecule has 3 amide bonds. The minimum Gasteiger partial charge on any atom is -0.329 e. The van der Waals surface area contributed by atoms with Crippen molar-refractivity contribution in [3.05, 3.63) is 59.7 Å². The summed E-state index contributed by atoms with van der Waals surface area (Å²) in [6.07, 6.45) is 0.743. The molecular formula is C21H25N3O3. The molecule has 0 atom stereocenters. The van der Waals surface area contributed by atoms with E-state index in [2.05, 4.69) is 10.6 Å². The molecule has 6 nitrogen and oxygen atoms in total. The molecule has 2 aromatic rings. The Morgan fingerprint density at radius 3 is 2.22 bits per heavy atom. The molecule has 0 unspecified atom stereocenters. The number of nitrogens with zero attached hydrogens (tertiary/aromatic N) is 1. The van der Waals surface area contributed by atoms with E-state index in [0.29, 0.717) is 17.8 Å². The summed E-state index contributed by atoms with van der Waals surface area (Å²) < 4.78 is 0. The van der Waals surface area contributed by atoms with Gasteiger partial charge in [-0.3, -0.25) is 14.4 Å². The lowest BCUT2D eigenvalue weighted by Crippen LogP contribution is -2.38. The summed E-state index contributed by atoms with van der Waals surface area (Å²) in [5.74, 6) is -0.623. The topological polar surface area (TPSA) is 78.5 Å². The third-order valence-corrected chi connectivity index (χ3v) is 3.99. The molecular weight excluding hydrogens is 342 g/mol. The van der Waals surface area contributed by atoms with Crippen molar-refractivity contribution in [1.29, 1.82) is 0 Å². The Kier molecular flexibility index (Phi) is 7.11. The SMILES string of the molecule is CCCN(CC(=O)Nc1ccccc1C)C(=O)c1ccc(NC(C)=O)cc1. The van der Waals surface area contributed by atoms with Crippen LogP contribution in [0.2, 0.25) is 0 Å². The van der Waals surface area contributed by atoms with Gasteiger partial charge < -0.3 is 15.5 Å². The Hall–Kier alpha value is -3.15. The van der Waals surface area contributed by atoms with Crippen molar-refractivity contribution < 1.29 is 14.4 Å². The van der Waals surface area contributed by atoms with Gasteiger partial charge in [0.15, 0.2) is 0 Å². The number of amides is 3. The molecule has 27 heavy (non-hydrogen) atoms. The number of hydrogen-bond acceptors (Lipinski definition) is 3. The predicted molar refractivity (Wildman–Crippen MR) is 107 cm³/mol. The number of carbonyl (C=O) groups is 3. The van der Waals surface area contributed by atoms with Gasteiger partial charge in [0.1, 0.15) is 6.54 Å². The van der Waals surface area contributed by atoms with Crippen molar-refractivity contribution in [2.75, 3.05) is 23.7 Å². The highest BCUT2D eigenvalue weighted by molar-refractivity contribution is 6.00.